The lowest BCUT2D eigenvalue weighted by Gasteiger charge is -2.05. The Morgan fingerprint density at radius 3 is 2.60 bits per heavy atom. The highest BCUT2D eigenvalue weighted by atomic mass is 35.5. The van der Waals surface area contributed by atoms with Crippen molar-refractivity contribution in [1.82, 2.24) is 9.97 Å². The second-order valence-corrected chi connectivity index (χ2v) is 6.98. The van der Waals surface area contributed by atoms with E-state index in [0.29, 0.717) is 32.9 Å². The Morgan fingerprint density at radius 1 is 1.10 bits per heavy atom. The van der Waals surface area contributed by atoms with Crippen molar-refractivity contribution in [3.05, 3.63) is 81.9 Å². The molecule has 3 N–H and O–H groups in total. The molecule has 3 aromatic carbocycles. The lowest BCUT2D eigenvalue weighted by atomic mass is 10.1. The molecule has 7 heteroatoms. The van der Waals surface area contributed by atoms with Gasteiger partial charge < -0.3 is 19.9 Å². The molecule has 0 unspecified atom stereocenters. The number of H-pyrrole nitrogens is 1. The summed E-state index contributed by atoms with van der Waals surface area (Å²) in [5, 5.41) is 19.0. The number of aromatic amines is 1. The van der Waals surface area contributed by atoms with Crippen LogP contribution in [0.15, 0.2) is 54.6 Å². The smallest absolute Gasteiger partial charge is 0.336 e. The zero-order chi connectivity index (χ0) is 21.3. The third-order valence-electron chi connectivity index (χ3n) is 4.41. The molecule has 0 aliphatic rings. The molecule has 0 amide bonds. The molecule has 0 fully saturated rings. The minimum absolute atomic E-state index is 0.165. The van der Waals surface area contributed by atoms with Gasteiger partial charge in [0.15, 0.2) is 0 Å². The molecule has 0 radical (unpaired) electrons. The van der Waals surface area contributed by atoms with Gasteiger partial charge in [-0.05, 0) is 61.0 Å². The van der Waals surface area contributed by atoms with Crippen molar-refractivity contribution in [2.24, 2.45) is 0 Å². The molecule has 0 aliphatic heterocycles. The Kier molecular flexibility index (Phi) is 5.05. The summed E-state index contributed by atoms with van der Waals surface area (Å²) in [5.41, 5.74) is 3.43. The number of nitrogens with one attached hydrogen (secondary N) is 1. The van der Waals surface area contributed by atoms with E-state index in [-0.39, 0.29) is 17.3 Å². The number of benzene rings is 3. The summed E-state index contributed by atoms with van der Waals surface area (Å²) in [6, 6.07) is 15.0. The van der Waals surface area contributed by atoms with Gasteiger partial charge in [-0.1, -0.05) is 29.5 Å². The maximum atomic E-state index is 11.3. The number of rotatable bonds is 3. The molecule has 30 heavy (non-hydrogen) atoms. The topological polar surface area (TPSA) is 95.4 Å². The number of aromatic nitrogens is 2. The molecule has 0 bridgehead atoms. The molecule has 0 saturated heterocycles. The van der Waals surface area contributed by atoms with E-state index in [0.717, 1.165) is 5.56 Å². The highest BCUT2D eigenvalue weighted by Gasteiger charge is 2.12. The van der Waals surface area contributed by atoms with Crippen molar-refractivity contribution < 1.29 is 19.7 Å². The molecular formula is C23H15ClN2O4. The summed E-state index contributed by atoms with van der Waals surface area (Å²) >= 11 is 6.33. The maximum Gasteiger partial charge on any atom is 0.336 e. The number of phenolic OH excluding ortho intramolecular Hbond substituents is 1. The van der Waals surface area contributed by atoms with Crippen LogP contribution >= 0.6 is 11.6 Å². The fraction of sp³-hybridized carbons (Fsp3) is 0.0435. The Morgan fingerprint density at radius 2 is 1.87 bits per heavy atom. The summed E-state index contributed by atoms with van der Waals surface area (Å²) in [4.78, 5) is 18.7. The van der Waals surface area contributed by atoms with Gasteiger partial charge >= 0.3 is 5.97 Å². The number of fused-ring (bicyclic) bond motifs is 1. The van der Waals surface area contributed by atoms with Crippen LogP contribution in [0.25, 0.3) is 11.0 Å². The number of aryl methyl sites for hydroxylation is 1. The van der Waals surface area contributed by atoms with Gasteiger partial charge in [0.05, 0.1) is 21.6 Å². The first-order valence-electron chi connectivity index (χ1n) is 8.91. The molecule has 1 heterocycles. The van der Waals surface area contributed by atoms with Crippen LogP contribution in [0, 0.1) is 18.8 Å². The van der Waals surface area contributed by atoms with Gasteiger partial charge in [-0.3, -0.25) is 0 Å². The van der Waals surface area contributed by atoms with Crippen molar-refractivity contribution in [1.29, 1.82) is 0 Å². The zero-order valence-corrected chi connectivity index (χ0v) is 16.5. The minimum atomic E-state index is -1.02. The van der Waals surface area contributed by atoms with Crippen LogP contribution in [0.1, 0.15) is 27.0 Å². The van der Waals surface area contributed by atoms with Crippen molar-refractivity contribution in [3.8, 4) is 29.4 Å². The number of nitrogens with zero attached hydrogens (tertiary/aromatic N) is 1. The third-order valence-corrected chi connectivity index (χ3v) is 4.72. The van der Waals surface area contributed by atoms with Crippen LogP contribution in [0.2, 0.25) is 5.02 Å². The third kappa shape index (κ3) is 4.07. The van der Waals surface area contributed by atoms with Crippen molar-refractivity contribution in [2.75, 3.05) is 0 Å². The molecule has 1 aromatic heterocycles. The van der Waals surface area contributed by atoms with Crippen LogP contribution in [-0.2, 0) is 0 Å². The van der Waals surface area contributed by atoms with Gasteiger partial charge in [0.25, 0.3) is 6.01 Å². The lowest BCUT2D eigenvalue weighted by molar-refractivity contribution is 0.0695. The Hall–Kier alpha value is -3.95. The predicted molar refractivity (Wildman–Crippen MR) is 113 cm³/mol. The number of carboxylic acids is 1. The maximum absolute atomic E-state index is 11.3. The van der Waals surface area contributed by atoms with E-state index in [1.165, 1.54) is 6.07 Å². The number of halogens is 1. The fourth-order valence-electron chi connectivity index (χ4n) is 2.84. The minimum Gasteiger partial charge on any atom is -0.508 e. The van der Waals surface area contributed by atoms with E-state index in [9.17, 15) is 15.0 Å². The van der Waals surface area contributed by atoms with E-state index in [4.69, 9.17) is 16.3 Å². The van der Waals surface area contributed by atoms with Gasteiger partial charge in [0, 0.05) is 11.1 Å². The number of carboxylic acid groups (broad SMARTS) is 1. The monoisotopic (exact) mass is 418 g/mol. The molecule has 0 atom stereocenters. The molecule has 4 rings (SSSR count). The molecule has 0 saturated carbocycles. The summed E-state index contributed by atoms with van der Waals surface area (Å²) in [7, 11) is 0. The van der Waals surface area contributed by atoms with E-state index in [1.807, 2.05) is 0 Å². The molecule has 0 aliphatic carbocycles. The average Bonchev–Trinajstić information content (AvgIpc) is 3.09. The van der Waals surface area contributed by atoms with Gasteiger partial charge in [0.2, 0.25) is 0 Å². The lowest BCUT2D eigenvalue weighted by Crippen LogP contribution is -2.00. The second-order valence-electron chi connectivity index (χ2n) is 6.57. The number of phenols is 1. The number of imidazole rings is 1. The average molecular weight is 419 g/mol. The first-order valence-corrected chi connectivity index (χ1v) is 9.29. The number of carbonyl (C=O) groups is 1. The quantitative estimate of drug-likeness (QED) is 0.401. The number of aromatic hydroxyl groups is 1. The van der Waals surface area contributed by atoms with E-state index in [2.05, 4.69) is 21.8 Å². The van der Waals surface area contributed by atoms with Crippen LogP contribution in [0.3, 0.4) is 0 Å². The fourth-order valence-corrected chi connectivity index (χ4v) is 3.05. The largest absolute Gasteiger partial charge is 0.508 e. The van der Waals surface area contributed by atoms with E-state index in [1.54, 1.807) is 55.5 Å². The number of hydrogen-bond acceptors (Lipinski definition) is 4. The Balaban J connectivity index is 1.63. The summed E-state index contributed by atoms with van der Waals surface area (Å²) < 4.78 is 5.70. The Bertz CT molecular complexity index is 1330. The second kappa shape index (κ2) is 7.82. The van der Waals surface area contributed by atoms with Crippen molar-refractivity contribution in [3.63, 3.8) is 0 Å². The van der Waals surface area contributed by atoms with Crippen LogP contribution < -0.4 is 4.74 Å². The predicted octanol–water partition coefficient (Wildman–Crippen LogP) is 5.12. The molecule has 0 spiro atoms. The number of aromatic carboxylic acids is 1. The van der Waals surface area contributed by atoms with Crippen molar-refractivity contribution in [2.45, 2.75) is 6.92 Å². The molecule has 148 valence electrons. The van der Waals surface area contributed by atoms with E-state index >= 15 is 0 Å². The standard InChI is InChI=1S/C23H15ClN2O4/c1-13-2-9-17(11-18(13)22(28)29)30-23-25-20-10-15(19(24)12-21(20)26-23)6-3-14-4-7-16(27)8-5-14/h2,4-5,7-12,27H,1H3,(H,25,26)(H,28,29). The normalized spacial score (nSPS) is 10.5. The zero-order valence-electron chi connectivity index (χ0n) is 15.7. The van der Waals surface area contributed by atoms with Gasteiger partial charge in [-0.15, -0.1) is 0 Å². The summed E-state index contributed by atoms with van der Waals surface area (Å²) in [6.45, 7) is 1.72. The van der Waals surface area contributed by atoms with Crippen molar-refractivity contribution >= 4 is 28.6 Å². The van der Waals surface area contributed by atoms with Crippen LogP contribution in [0.5, 0.6) is 17.5 Å². The number of ether oxygens (including phenoxy) is 1. The highest BCUT2D eigenvalue weighted by Crippen LogP contribution is 2.27. The summed E-state index contributed by atoms with van der Waals surface area (Å²) in [6.07, 6.45) is 0. The van der Waals surface area contributed by atoms with Crippen LogP contribution in [-0.4, -0.2) is 26.2 Å². The first kappa shape index (κ1) is 19.4. The first-order chi connectivity index (χ1) is 14.4. The summed E-state index contributed by atoms with van der Waals surface area (Å²) in [5.74, 6) is 5.51. The van der Waals surface area contributed by atoms with Gasteiger partial charge in [-0.2, -0.15) is 4.98 Å². The molecule has 4 aromatic rings. The Labute approximate surface area is 176 Å². The van der Waals surface area contributed by atoms with E-state index < -0.39 is 5.97 Å². The van der Waals surface area contributed by atoms with Gasteiger partial charge in [0.1, 0.15) is 11.5 Å². The van der Waals surface area contributed by atoms with Gasteiger partial charge in [-0.25, -0.2) is 4.79 Å². The SMILES string of the molecule is Cc1ccc(Oc2nc3cc(Cl)c(C#Cc4ccc(O)cc4)cc3[nH]2)cc1C(=O)O. The highest BCUT2D eigenvalue weighted by molar-refractivity contribution is 6.32. The number of hydrogen-bond donors (Lipinski definition) is 3. The molecule has 6 nitrogen and oxygen atoms in total. The van der Waals surface area contributed by atoms with Crippen LogP contribution in [0.4, 0.5) is 0 Å². The molecular weight excluding hydrogens is 404 g/mol.